The van der Waals surface area contributed by atoms with E-state index in [0.717, 1.165) is 11.1 Å². The number of carbonyl (C=O) groups excluding carboxylic acids is 3. The highest BCUT2D eigenvalue weighted by molar-refractivity contribution is 5.90. The molecule has 0 saturated carbocycles. The maximum Gasteiger partial charge on any atom is 0.328 e. The summed E-state index contributed by atoms with van der Waals surface area (Å²) in [6.07, 6.45) is 0.415. The lowest BCUT2D eigenvalue weighted by Crippen LogP contribution is -2.53. The SMILES string of the molecule is COC(=O)[C@@H](Cc1ccccc1C)NC(=O)[C@@H](Cc1ccc(F)cc1)NC(C)=O. The molecule has 2 aromatic rings. The molecule has 0 aliphatic rings. The van der Waals surface area contributed by atoms with Crippen LogP contribution in [0.3, 0.4) is 0 Å². The molecule has 0 fully saturated rings. The number of aryl methyl sites for hydroxylation is 1. The van der Waals surface area contributed by atoms with E-state index < -0.39 is 29.8 Å². The lowest BCUT2D eigenvalue weighted by molar-refractivity contribution is -0.145. The molecule has 0 bridgehead atoms. The Kier molecular flexibility index (Phi) is 7.88. The number of methoxy groups -OCH3 is 1. The van der Waals surface area contributed by atoms with Gasteiger partial charge in [-0.2, -0.15) is 0 Å². The molecule has 6 nitrogen and oxygen atoms in total. The van der Waals surface area contributed by atoms with E-state index in [1.165, 1.54) is 26.2 Å². The second-order valence-electron chi connectivity index (χ2n) is 6.80. The maximum absolute atomic E-state index is 13.1. The van der Waals surface area contributed by atoms with Crippen molar-refractivity contribution in [3.8, 4) is 0 Å². The number of hydrogen-bond donors (Lipinski definition) is 2. The molecule has 29 heavy (non-hydrogen) atoms. The standard InChI is InChI=1S/C22H25FN2O4/c1-14-6-4-5-7-17(14)13-20(22(28)29-3)25-21(27)19(24-15(2)26)12-16-8-10-18(23)11-9-16/h4-11,19-20H,12-13H2,1-3H3,(H,24,26)(H,25,27)/t19-,20-/m1/s1. The molecule has 0 spiro atoms. The molecule has 2 N–H and O–H groups in total. The Morgan fingerprint density at radius 2 is 1.62 bits per heavy atom. The number of amides is 2. The molecule has 0 aliphatic carbocycles. The first kappa shape index (κ1) is 22.1. The van der Waals surface area contributed by atoms with E-state index in [-0.39, 0.29) is 18.7 Å². The highest BCUT2D eigenvalue weighted by atomic mass is 19.1. The van der Waals surface area contributed by atoms with Crippen molar-refractivity contribution in [2.24, 2.45) is 0 Å². The predicted molar refractivity (Wildman–Crippen MR) is 107 cm³/mol. The van der Waals surface area contributed by atoms with E-state index in [4.69, 9.17) is 4.74 Å². The Balaban J connectivity index is 2.17. The zero-order chi connectivity index (χ0) is 21.4. The second-order valence-corrected chi connectivity index (χ2v) is 6.80. The van der Waals surface area contributed by atoms with Crippen molar-refractivity contribution in [2.75, 3.05) is 7.11 Å². The van der Waals surface area contributed by atoms with Crippen LogP contribution in [0.15, 0.2) is 48.5 Å². The van der Waals surface area contributed by atoms with Crippen LogP contribution in [0.2, 0.25) is 0 Å². The third-order valence-corrected chi connectivity index (χ3v) is 4.53. The zero-order valence-electron chi connectivity index (χ0n) is 16.7. The summed E-state index contributed by atoms with van der Waals surface area (Å²) in [4.78, 5) is 36.7. The van der Waals surface area contributed by atoms with E-state index in [2.05, 4.69) is 10.6 Å². The molecule has 0 saturated heterocycles. The predicted octanol–water partition coefficient (Wildman–Crippen LogP) is 2.08. The van der Waals surface area contributed by atoms with Crippen LogP contribution in [0.1, 0.15) is 23.6 Å². The van der Waals surface area contributed by atoms with Crippen LogP contribution in [0.4, 0.5) is 4.39 Å². The van der Waals surface area contributed by atoms with Gasteiger partial charge in [0.1, 0.15) is 17.9 Å². The highest BCUT2D eigenvalue weighted by Crippen LogP contribution is 2.12. The van der Waals surface area contributed by atoms with Crippen molar-refractivity contribution in [3.63, 3.8) is 0 Å². The smallest absolute Gasteiger partial charge is 0.328 e. The lowest BCUT2D eigenvalue weighted by Gasteiger charge is -2.22. The first-order valence-electron chi connectivity index (χ1n) is 9.24. The van der Waals surface area contributed by atoms with Gasteiger partial charge < -0.3 is 15.4 Å². The molecule has 2 aromatic carbocycles. The van der Waals surface area contributed by atoms with Gasteiger partial charge in [-0.3, -0.25) is 9.59 Å². The molecule has 0 aromatic heterocycles. The summed E-state index contributed by atoms with van der Waals surface area (Å²) in [5, 5.41) is 5.26. The van der Waals surface area contributed by atoms with E-state index in [1.54, 1.807) is 12.1 Å². The molecular formula is C22H25FN2O4. The van der Waals surface area contributed by atoms with Crippen molar-refractivity contribution >= 4 is 17.8 Å². The van der Waals surface area contributed by atoms with Gasteiger partial charge in [-0.25, -0.2) is 9.18 Å². The van der Waals surface area contributed by atoms with Gasteiger partial charge in [-0.05, 0) is 35.7 Å². The average Bonchev–Trinajstić information content (AvgIpc) is 2.69. The number of nitrogens with one attached hydrogen (secondary N) is 2. The number of halogens is 1. The van der Waals surface area contributed by atoms with Gasteiger partial charge in [0.15, 0.2) is 0 Å². The lowest BCUT2D eigenvalue weighted by atomic mass is 10.00. The fourth-order valence-electron chi connectivity index (χ4n) is 2.98. The Bertz CT molecular complexity index is 867. The number of benzene rings is 2. The molecule has 154 valence electrons. The molecule has 2 rings (SSSR count). The van der Waals surface area contributed by atoms with Crippen LogP contribution in [0.5, 0.6) is 0 Å². The number of carbonyl (C=O) groups is 3. The first-order valence-corrected chi connectivity index (χ1v) is 9.24. The van der Waals surface area contributed by atoms with Crippen molar-refractivity contribution in [1.29, 1.82) is 0 Å². The largest absolute Gasteiger partial charge is 0.467 e. The minimum absolute atomic E-state index is 0.157. The maximum atomic E-state index is 13.1. The molecule has 0 radical (unpaired) electrons. The number of ether oxygens (including phenoxy) is 1. The van der Waals surface area contributed by atoms with Gasteiger partial charge in [0.25, 0.3) is 0 Å². The molecule has 2 atom stereocenters. The monoisotopic (exact) mass is 400 g/mol. The molecule has 7 heteroatoms. The summed E-state index contributed by atoms with van der Waals surface area (Å²) >= 11 is 0. The van der Waals surface area contributed by atoms with Crippen LogP contribution >= 0.6 is 0 Å². The van der Waals surface area contributed by atoms with E-state index >= 15 is 0 Å². The molecule has 2 amide bonds. The Hall–Kier alpha value is -3.22. The average molecular weight is 400 g/mol. The third-order valence-electron chi connectivity index (χ3n) is 4.53. The van der Waals surface area contributed by atoms with Gasteiger partial charge in [0, 0.05) is 19.8 Å². The van der Waals surface area contributed by atoms with E-state index in [1.807, 2.05) is 31.2 Å². The number of rotatable bonds is 8. The minimum atomic E-state index is -0.915. The quantitative estimate of drug-likeness (QED) is 0.665. The number of hydrogen-bond acceptors (Lipinski definition) is 4. The van der Waals surface area contributed by atoms with Gasteiger partial charge in [0.2, 0.25) is 11.8 Å². The number of esters is 1. The van der Waals surface area contributed by atoms with Crippen molar-refractivity contribution in [1.82, 2.24) is 10.6 Å². The summed E-state index contributed by atoms with van der Waals surface area (Å²) in [5.74, 6) is -1.88. The topological polar surface area (TPSA) is 84.5 Å². The summed E-state index contributed by atoms with van der Waals surface area (Å²) in [7, 11) is 1.25. The van der Waals surface area contributed by atoms with Crippen molar-refractivity contribution in [2.45, 2.75) is 38.8 Å². The zero-order valence-corrected chi connectivity index (χ0v) is 16.7. The third kappa shape index (κ3) is 6.71. The molecule has 0 aliphatic heterocycles. The summed E-state index contributed by atoms with van der Waals surface area (Å²) in [5.41, 5.74) is 2.56. The highest BCUT2D eigenvalue weighted by Gasteiger charge is 2.27. The first-order chi connectivity index (χ1) is 13.8. The van der Waals surface area contributed by atoms with Gasteiger partial charge >= 0.3 is 5.97 Å². The second kappa shape index (κ2) is 10.4. The normalized spacial score (nSPS) is 12.6. The molecule has 0 heterocycles. The Labute approximate surface area is 169 Å². The van der Waals surface area contributed by atoms with Crippen LogP contribution < -0.4 is 10.6 Å². The van der Waals surface area contributed by atoms with Gasteiger partial charge in [-0.1, -0.05) is 36.4 Å². The van der Waals surface area contributed by atoms with Crippen molar-refractivity contribution in [3.05, 3.63) is 71.0 Å². The van der Waals surface area contributed by atoms with Crippen LogP contribution in [-0.4, -0.2) is 37.0 Å². The van der Waals surface area contributed by atoms with Crippen LogP contribution in [0, 0.1) is 12.7 Å². The van der Waals surface area contributed by atoms with Gasteiger partial charge in [0.05, 0.1) is 7.11 Å². The Morgan fingerprint density at radius 3 is 2.21 bits per heavy atom. The van der Waals surface area contributed by atoms with Crippen LogP contribution in [0.25, 0.3) is 0 Å². The summed E-state index contributed by atoms with van der Waals surface area (Å²) in [6.45, 7) is 3.22. The van der Waals surface area contributed by atoms with E-state index in [9.17, 15) is 18.8 Å². The fraction of sp³-hybridized carbons (Fsp3) is 0.318. The fourth-order valence-corrected chi connectivity index (χ4v) is 2.98. The van der Waals surface area contributed by atoms with E-state index in [0.29, 0.717) is 5.56 Å². The Morgan fingerprint density at radius 1 is 0.966 bits per heavy atom. The van der Waals surface area contributed by atoms with Gasteiger partial charge in [-0.15, -0.1) is 0 Å². The summed E-state index contributed by atoms with van der Waals surface area (Å²) in [6, 6.07) is 11.4. The summed E-state index contributed by atoms with van der Waals surface area (Å²) < 4.78 is 18.0. The van der Waals surface area contributed by atoms with Crippen molar-refractivity contribution < 1.29 is 23.5 Å². The minimum Gasteiger partial charge on any atom is -0.467 e. The van der Waals surface area contributed by atoms with Crippen LogP contribution in [-0.2, 0) is 32.0 Å². The molecule has 0 unspecified atom stereocenters. The molecular weight excluding hydrogens is 375 g/mol.